The van der Waals surface area contributed by atoms with Crippen molar-refractivity contribution >= 4 is 5.69 Å². The molecule has 3 rings (SSSR count). The van der Waals surface area contributed by atoms with Gasteiger partial charge in [-0.05, 0) is 36.0 Å². The highest BCUT2D eigenvalue weighted by Gasteiger charge is 2.33. The summed E-state index contributed by atoms with van der Waals surface area (Å²) in [5, 5.41) is 7.35. The van der Waals surface area contributed by atoms with Crippen molar-refractivity contribution < 1.29 is 4.52 Å². The maximum Gasteiger partial charge on any atom is 0.147 e. The topological polar surface area (TPSA) is 38.1 Å². The van der Waals surface area contributed by atoms with Crippen molar-refractivity contribution in [3.8, 4) is 0 Å². The molecule has 1 N–H and O–H groups in total. The molecule has 1 heterocycles. The molecule has 2 aromatic rings. The Labute approximate surface area is 107 Å². The first kappa shape index (κ1) is 11.3. The molecule has 1 aromatic heterocycles. The lowest BCUT2D eigenvalue weighted by Crippen LogP contribution is -2.01. The van der Waals surface area contributed by atoms with Crippen LogP contribution in [0, 0.1) is 6.92 Å². The zero-order valence-corrected chi connectivity index (χ0v) is 11.0. The number of anilines is 1. The molecule has 1 aromatic carbocycles. The Morgan fingerprint density at radius 3 is 3.00 bits per heavy atom. The van der Waals surface area contributed by atoms with Gasteiger partial charge in [-0.2, -0.15) is 0 Å². The average molecular weight is 242 g/mol. The Morgan fingerprint density at radius 1 is 1.39 bits per heavy atom. The van der Waals surface area contributed by atoms with E-state index in [9.17, 15) is 0 Å². The third kappa shape index (κ3) is 1.54. The number of nitrogens with one attached hydrogen (secondary N) is 1. The van der Waals surface area contributed by atoms with Crippen molar-refractivity contribution in [2.24, 2.45) is 0 Å². The van der Waals surface area contributed by atoms with Crippen LogP contribution < -0.4 is 5.32 Å². The molecule has 0 saturated heterocycles. The summed E-state index contributed by atoms with van der Waals surface area (Å²) in [5.74, 6) is 0.948. The van der Waals surface area contributed by atoms with E-state index in [1.807, 2.05) is 7.05 Å². The Bertz CT molecular complexity index is 574. The van der Waals surface area contributed by atoms with E-state index in [0.717, 1.165) is 17.8 Å². The summed E-state index contributed by atoms with van der Waals surface area (Å²) in [6.07, 6.45) is 2.80. The van der Waals surface area contributed by atoms with Gasteiger partial charge in [0.25, 0.3) is 0 Å². The number of hydrogen-bond donors (Lipinski definition) is 1. The van der Waals surface area contributed by atoms with Gasteiger partial charge in [0, 0.05) is 13.0 Å². The fourth-order valence-corrected chi connectivity index (χ4v) is 3.22. The van der Waals surface area contributed by atoms with Crippen LogP contribution >= 0.6 is 0 Å². The third-order valence-electron chi connectivity index (χ3n) is 4.01. The predicted molar refractivity (Wildman–Crippen MR) is 72.1 cm³/mol. The molecule has 0 fully saturated rings. The minimum atomic E-state index is 0.357. The largest absolute Gasteiger partial charge is 0.384 e. The van der Waals surface area contributed by atoms with Crippen molar-refractivity contribution in [1.82, 2.24) is 5.16 Å². The smallest absolute Gasteiger partial charge is 0.147 e. The summed E-state index contributed by atoms with van der Waals surface area (Å²) in [4.78, 5) is 0. The summed E-state index contributed by atoms with van der Waals surface area (Å²) in [7, 11) is 1.91. The molecule has 1 aliphatic rings. The zero-order valence-electron chi connectivity index (χ0n) is 11.0. The molecule has 0 spiro atoms. The predicted octanol–water partition coefficient (Wildman–Crippen LogP) is 3.66. The number of nitrogens with zero attached hydrogens (tertiary/aromatic N) is 1. The SMILES string of the molecule is CNc1conc1C1CC(C)c2c(C)cccc21. The molecule has 0 aliphatic heterocycles. The molecular weight excluding hydrogens is 224 g/mol. The molecule has 18 heavy (non-hydrogen) atoms. The third-order valence-corrected chi connectivity index (χ3v) is 4.01. The highest BCUT2D eigenvalue weighted by Crippen LogP contribution is 2.47. The van der Waals surface area contributed by atoms with Gasteiger partial charge in [0.1, 0.15) is 12.0 Å². The summed E-state index contributed by atoms with van der Waals surface area (Å²) in [6, 6.07) is 6.56. The minimum Gasteiger partial charge on any atom is -0.384 e. The van der Waals surface area contributed by atoms with Crippen molar-refractivity contribution in [2.45, 2.75) is 32.1 Å². The quantitative estimate of drug-likeness (QED) is 0.873. The molecule has 2 atom stereocenters. The normalized spacial score (nSPS) is 21.9. The minimum absolute atomic E-state index is 0.357. The average Bonchev–Trinajstić information content (AvgIpc) is 2.94. The number of hydrogen-bond acceptors (Lipinski definition) is 3. The van der Waals surface area contributed by atoms with E-state index in [0.29, 0.717) is 11.8 Å². The van der Waals surface area contributed by atoms with Gasteiger partial charge in [-0.25, -0.2) is 0 Å². The second-order valence-corrected chi connectivity index (χ2v) is 5.13. The van der Waals surface area contributed by atoms with Crippen LogP contribution in [0.15, 0.2) is 29.0 Å². The number of fused-ring (bicyclic) bond motifs is 1. The molecule has 0 saturated carbocycles. The Kier molecular flexibility index (Phi) is 2.62. The first-order valence-electron chi connectivity index (χ1n) is 6.43. The van der Waals surface area contributed by atoms with E-state index >= 15 is 0 Å². The van der Waals surface area contributed by atoms with Crippen molar-refractivity contribution in [3.05, 3.63) is 46.8 Å². The first-order valence-corrected chi connectivity index (χ1v) is 6.43. The Hall–Kier alpha value is -1.77. The van der Waals surface area contributed by atoms with Crippen molar-refractivity contribution in [3.63, 3.8) is 0 Å². The van der Waals surface area contributed by atoms with Crippen molar-refractivity contribution in [2.75, 3.05) is 12.4 Å². The number of aromatic nitrogens is 1. The molecule has 0 radical (unpaired) electrons. The fourth-order valence-electron chi connectivity index (χ4n) is 3.22. The van der Waals surface area contributed by atoms with E-state index in [-0.39, 0.29) is 0 Å². The summed E-state index contributed by atoms with van der Waals surface area (Å²) < 4.78 is 5.12. The van der Waals surface area contributed by atoms with E-state index in [2.05, 4.69) is 42.5 Å². The van der Waals surface area contributed by atoms with Crippen LogP contribution in [0.25, 0.3) is 0 Å². The summed E-state index contributed by atoms with van der Waals surface area (Å²) >= 11 is 0. The number of aryl methyl sites for hydroxylation is 1. The number of benzene rings is 1. The van der Waals surface area contributed by atoms with Crippen LogP contribution in [0.1, 0.15) is 47.6 Å². The van der Waals surface area contributed by atoms with Gasteiger partial charge >= 0.3 is 0 Å². The van der Waals surface area contributed by atoms with E-state index < -0.39 is 0 Å². The molecule has 3 heteroatoms. The van der Waals surface area contributed by atoms with Gasteiger partial charge in [-0.3, -0.25) is 0 Å². The maximum absolute atomic E-state index is 5.12. The Balaban J connectivity index is 2.11. The lowest BCUT2D eigenvalue weighted by atomic mass is 9.95. The van der Waals surface area contributed by atoms with Gasteiger partial charge in [-0.1, -0.05) is 30.3 Å². The molecular formula is C15H18N2O. The monoisotopic (exact) mass is 242 g/mol. The van der Waals surface area contributed by atoms with Gasteiger partial charge in [0.15, 0.2) is 0 Å². The molecule has 0 bridgehead atoms. The van der Waals surface area contributed by atoms with E-state index in [1.54, 1.807) is 6.26 Å². The summed E-state index contributed by atoms with van der Waals surface area (Å²) in [5.41, 5.74) is 6.33. The molecule has 94 valence electrons. The van der Waals surface area contributed by atoms with Gasteiger partial charge in [0.2, 0.25) is 0 Å². The van der Waals surface area contributed by atoms with E-state index in [1.165, 1.54) is 16.7 Å². The van der Waals surface area contributed by atoms with Gasteiger partial charge in [0.05, 0.1) is 5.69 Å². The zero-order chi connectivity index (χ0) is 12.7. The second kappa shape index (κ2) is 4.16. The van der Waals surface area contributed by atoms with Crippen LogP contribution in [0.2, 0.25) is 0 Å². The molecule has 1 aliphatic carbocycles. The Morgan fingerprint density at radius 2 is 2.22 bits per heavy atom. The second-order valence-electron chi connectivity index (χ2n) is 5.13. The maximum atomic E-state index is 5.12. The standard InChI is InChI=1S/C15H18N2O/c1-9-5-4-6-11-12(7-10(2)14(9)11)15-13(16-3)8-18-17-15/h4-6,8,10,12,16H,7H2,1-3H3. The fraction of sp³-hybridized carbons (Fsp3) is 0.400. The van der Waals surface area contributed by atoms with Crippen molar-refractivity contribution in [1.29, 1.82) is 0 Å². The van der Waals surface area contributed by atoms with Crippen LogP contribution in [-0.4, -0.2) is 12.2 Å². The highest BCUT2D eigenvalue weighted by molar-refractivity contribution is 5.54. The van der Waals surface area contributed by atoms with Gasteiger partial charge in [-0.15, -0.1) is 0 Å². The van der Waals surface area contributed by atoms with Crippen LogP contribution in [0.5, 0.6) is 0 Å². The number of rotatable bonds is 2. The lowest BCUT2D eigenvalue weighted by Gasteiger charge is -2.10. The molecule has 0 amide bonds. The molecule has 2 unspecified atom stereocenters. The summed E-state index contributed by atoms with van der Waals surface area (Å²) in [6.45, 7) is 4.49. The highest BCUT2D eigenvalue weighted by atomic mass is 16.5. The van der Waals surface area contributed by atoms with Gasteiger partial charge < -0.3 is 9.84 Å². The van der Waals surface area contributed by atoms with Crippen LogP contribution in [0.3, 0.4) is 0 Å². The lowest BCUT2D eigenvalue weighted by molar-refractivity contribution is 0.407. The molecule has 3 nitrogen and oxygen atoms in total. The first-order chi connectivity index (χ1) is 8.72. The van der Waals surface area contributed by atoms with E-state index in [4.69, 9.17) is 4.52 Å². The van der Waals surface area contributed by atoms with Crippen LogP contribution in [0.4, 0.5) is 5.69 Å². The van der Waals surface area contributed by atoms with Crippen LogP contribution in [-0.2, 0) is 0 Å².